The molecule has 136 valence electrons. The van der Waals surface area contributed by atoms with Crippen LogP contribution in [0, 0.1) is 23.2 Å². The second-order valence-corrected chi connectivity index (χ2v) is 7.84. The molecule has 1 aliphatic carbocycles. The first-order valence-electron chi connectivity index (χ1n) is 9.54. The van der Waals surface area contributed by atoms with Crippen molar-refractivity contribution in [3.05, 3.63) is 35.4 Å². The van der Waals surface area contributed by atoms with Gasteiger partial charge in [0, 0.05) is 11.5 Å². The molecular weight excluding hydrogens is 310 g/mol. The maximum atomic E-state index is 12.4. The quantitative estimate of drug-likeness (QED) is 0.724. The van der Waals surface area contributed by atoms with Crippen molar-refractivity contribution in [2.45, 2.75) is 65.0 Å². The molecule has 1 amide bonds. The number of quaternary nitrogens is 1. The van der Waals surface area contributed by atoms with Gasteiger partial charge in [-0.15, -0.1) is 0 Å². The molecule has 1 fully saturated rings. The lowest BCUT2D eigenvalue weighted by Gasteiger charge is -2.24. The first-order chi connectivity index (χ1) is 11.9. The third-order valence-corrected chi connectivity index (χ3v) is 5.20. The summed E-state index contributed by atoms with van der Waals surface area (Å²) in [6.07, 6.45) is 4.32. The molecule has 0 heterocycles. The number of nitriles is 1. The molecule has 1 aromatic rings. The molecule has 3 N–H and O–H groups in total. The van der Waals surface area contributed by atoms with Crippen molar-refractivity contribution >= 4 is 5.91 Å². The van der Waals surface area contributed by atoms with E-state index in [9.17, 15) is 10.1 Å². The summed E-state index contributed by atoms with van der Waals surface area (Å²) in [7, 11) is 0. The molecule has 25 heavy (non-hydrogen) atoms. The number of nitrogens with zero attached hydrogens (tertiary/aromatic N) is 1. The number of hydrogen-bond donors (Lipinski definition) is 2. The molecule has 0 aromatic heterocycles. The maximum absolute atomic E-state index is 12.4. The van der Waals surface area contributed by atoms with Crippen LogP contribution in [-0.4, -0.2) is 18.0 Å². The summed E-state index contributed by atoms with van der Waals surface area (Å²) in [6.45, 7) is 8.75. The molecule has 1 aliphatic rings. The van der Waals surface area contributed by atoms with Gasteiger partial charge >= 0.3 is 0 Å². The Labute approximate surface area is 152 Å². The molecule has 0 bridgehead atoms. The number of carbonyl (C=O) groups excluding carboxylic acids is 1. The van der Waals surface area contributed by atoms with Gasteiger partial charge in [-0.2, -0.15) is 5.26 Å². The second kappa shape index (κ2) is 8.49. The average Bonchev–Trinajstić information content (AvgIpc) is 3.42. The Kier molecular flexibility index (Phi) is 6.61. The largest absolute Gasteiger partial charge is 0.333 e. The van der Waals surface area contributed by atoms with E-state index < -0.39 is 5.54 Å². The van der Waals surface area contributed by atoms with E-state index in [1.54, 1.807) is 0 Å². The Morgan fingerprint density at radius 3 is 2.48 bits per heavy atom. The highest BCUT2D eigenvalue weighted by molar-refractivity contribution is 5.78. The maximum Gasteiger partial charge on any atom is 0.276 e. The van der Waals surface area contributed by atoms with Crippen LogP contribution in [0.4, 0.5) is 0 Å². The van der Waals surface area contributed by atoms with Crippen LogP contribution in [0.15, 0.2) is 24.3 Å². The van der Waals surface area contributed by atoms with E-state index >= 15 is 0 Å². The number of aryl methyl sites for hydroxylation is 1. The highest BCUT2D eigenvalue weighted by Crippen LogP contribution is 2.39. The molecule has 4 nitrogen and oxygen atoms in total. The van der Waals surface area contributed by atoms with Crippen molar-refractivity contribution in [3.63, 3.8) is 0 Å². The molecule has 2 atom stereocenters. The van der Waals surface area contributed by atoms with Gasteiger partial charge in [-0.25, -0.2) is 0 Å². The lowest BCUT2D eigenvalue weighted by atomic mass is 9.94. The number of nitrogens with one attached hydrogen (secondary N) is 1. The Morgan fingerprint density at radius 2 is 2.00 bits per heavy atom. The Bertz CT molecular complexity index is 613. The molecule has 0 radical (unpaired) electrons. The Balaban J connectivity index is 1.95. The van der Waals surface area contributed by atoms with E-state index in [1.807, 2.05) is 6.92 Å². The minimum Gasteiger partial charge on any atom is -0.333 e. The van der Waals surface area contributed by atoms with Crippen LogP contribution in [0.2, 0.25) is 0 Å². The smallest absolute Gasteiger partial charge is 0.276 e. The zero-order valence-corrected chi connectivity index (χ0v) is 16.0. The van der Waals surface area contributed by atoms with Crippen molar-refractivity contribution in [2.75, 3.05) is 6.54 Å². The number of carbonyl (C=O) groups is 1. The highest BCUT2D eigenvalue weighted by Gasteiger charge is 2.43. The number of amides is 1. The molecule has 1 saturated carbocycles. The summed E-state index contributed by atoms with van der Waals surface area (Å²) in [5, 5.41) is 14.4. The van der Waals surface area contributed by atoms with Gasteiger partial charge in [0.05, 0.1) is 6.07 Å². The average molecular weight is 343 g/mol. The summed E-state index contributed by atoms with van der Waals surface area (Å²) in [6, 6.07) is 11.3. The summed E-state index contributed by atoms with van der Waals surface area (Å²) in [5.41, 5.74) is 1.91. The van der Waals surface area contributed by atoms with Crippen LogP contribution >= 0.6 is 0 Å². The van der Waals surface area contributed by atoms with E-state index in [4.69, 9.17) is 0 Å². The molecule has 4 heteroatoms. The standard InChI is InChI=1S/C21H31N3O/c1-5-6-16-7-9-17(10-8-16)20(15(2)3)23-13-19(25)24-21(4,14-22)18-11-12-18/h7-10,15,18,20,23H,5-6,11-13H2,1-4H3,(H,24,25)/p+1/t20-,21+/m0/s1. The van der Waals surface area contributed by atoms with Crippen molar-refractivity contribution in [2.24, 2.45) is 11.8 Å². The van der Waals surface area contributed by atoms with Gasteiger partial charge in [0.2, 0.25) is 0 Å². The summed E-state index contributed by atoms with van der Waals surface area (Å²) >= 11 is 0. The zero-order valence-electron chi connectivity index (χ0n) is 16.0. The van der Waals surface area contributed by atoms with Gasteiger partial charge in [-0.05, 0) is 37.7 Å². The normalized spacial score (nSPS) is 17.6. The number of hydrogen-bond acceptors (Lipinski definition) is 2. The number of rotatable bonds is 9. The Morgan fingerprint density at radius 1 is 1.36 bits per heavy atom. The molecule has 0 saturated heterocycles. The summed E-state index contributed by atoms with van der Waals surface area (Å²) in [4.78, 5) is 12.4. The van der Waals surface area contributed by atoms with Crippen LogP contribution in [-0.2, 0) is 11.2 Å². The molecule has 0 aliphatic heterocycles. The van der Waals surface area contributed by atoms with Gasteiger partial charge in [-0.3, -0.25) is 4.79 Å². The monoisotopic (exact) mass is 342 g/mol. The van der Waals surface area contributed by atoms with Crippen LogP contribution in [0.5, 0.6) is 0 Å². The topological polar surface area (TPSA) is 69.5 Å². The zero-order chi connectivity index (χ0) is 18.4. The third-order valence-electron chi connectivity index (χ3n) is 5.20. The predicted molar refractivity (Wildman–Crippen MR) is 99.7 cm³/mol. The van der Waals surface area contributed by atoms with Gasteiger partial charge < -0.3 is 10.6 Å². The first-order valence-corrected chi connectivity index (χ1v) is 9.54. The fourth-order valence-corrected chi connectivity index (χ4v) is 3.44. The Hall–Kier alpha value is -1.86. The van der Waals surface area contributed by atoms with Crippen molar-refractivity contribution in [1.29, 1.82) is 5.26 Å². The molecule has 0 unspecified atom stereocenters. The first kappa shape index (κ1) is 19.5. The fourth-order valence-electron chi connectivity index (χ4n) is 3.44. The van der Waals surface area contributed by atoms with E-state index in [-0.39, 0.29) is 11.9 Å². The van der Waals surface area contributed by atoms with Gasteiger partial charge in [-0.1, -0.05) is 51.5 Å². The lowest BCUT2D eigenvalue weighted by molar-refractivity contribution is -0.692. The number of benzene rings is 1. The summed E-state index contributed by atoms with van der Waals surface area (Å²) < 4.78 is 0. The van der Waals surface area contributed by atoms with Crippen molar-refractivity contribution in [1.82, 2.24) is 5.32 Å². The predicted octanol–water partition coefficient (Wildman–Crippen LogP) is 2.71. The highest BCUT2D eigenvalue weighted by atomic mass is 16.2. The molecular formula is C21H32N3O+. The van der Waals surface area contributed by atoms with Crippen LogP contribution in [0.1, 0.15) is 64.1 Å². The second-order valence-electron chi connectivity index (χ2n) is 7.84. The van der Waals surface area contributed by atoms with E-state index in [1.165, 1.54) is 11.1 Å². The van der Waals surface area contributed by atoms with Gasteiger partial charge in [0.15, 0.2) is 6.54 Å². The van der Waals surface area contributed by atoms with Crippen LogP contribution in [0.3, 0.4) is 0 Å². The van der Waals surface area contributed by atoms with Crippen LogP contribution in [0.25, 0.3) is 0 Å². The van der Waals surface area contributed by atoms with E-state index in [2.05, 4.69) is 61.7 Å². The van der Waals surface area contributed by atoms with E-state index in [0.717, 1.165) is 25.7 Å². The SMILES string of the molecule is CCCc1ccc([C@@H]([NH2+]CC(=O)N[C@](C)(C#N)C2CC2)C(C)C)cc1. The third kappa shape index (κ3) is 5.31. The molecule has 1 aromatic carbocycles. The molecule has 2 rings (SSSR count). The lowest BCUT2D eigenvalue weighted by Crippen LogP contribution is -2.88. The van der Waals surface area contributed by atoms with Gasteiger partial charge in [0.1, 0.15) is 11.6 Å². The minimum atomic E-state index is -0.708. The molecule has 0 spiro atoms. The van der Waals surface area contributed by atoms with E-state index in [0.29, 0.717) is 18.4 Å². The van der Waals surface area contributed by atoms with Gasteiger partial charge in [0.25, 0.3) is 5.91 Å². The van der Waals surface area contributed by atoms with Crippen LogP contribution < -0.4 is 10.6 Å². The summed E-state index contributed by atoms with van der Waals surface area (Å²) in [5.74, 6) is 0.688. The van der Waals surface area contributed by atoms with Crippen molar-refractivity contribution in [3.8, 4) is 6.07 Å². The fraction of sp³-hybridized carbons (Fsp3) is 0.619. The number of nitrogens with two attached hydrogens (primary N) is 1. The minimum absolute atomic E-state index is 0.0517. The van der Waals surface area contributed by atoms with Crippen molar-refractivity contribution < 1.29 is 10.1 Å².